The van der Waals surface area contributed by atoms with Crippen LogP contribution in [-0.2, 0) is 11.2 Å². The highest BCUT2D eigenvalue weighted by Gasteiger charge is 2.15. The summed E-state index contributed by atoms with van der Waals surface area (Å²) in [7, 11) is 0. The molecule has 0 atom stereocenters. The Bertz CT molecular complexity index is 720. The van der Waals surface area contributed by atoms with E-state index in [1.165, 1.54) is 0 Å². The SMILES string of the molecule is Cc1ccc(NC(=O)c2ccc3c(c2)CCCC(=O)N3)cc1. The molecule has 0 unspecified atom stereocenters. The average Bonchev–Trinajstić information content (AvgIpc) is 2.69. The summed E-state index contributed by atoms with van der Waals surface area (Å²) in [4.78, 5) is 23.9. The van der Waals surface area contributed by atoms with Crippen LogP contribution < -0.4 is 10.6 Å². The third kappa shape index (κ3) is 3.17. The molecule has 1 heterocycles. The number of nitrogens with one attached hydrogen (secondary N) is 2. The first-order valence-corrected chi connectivity index (χ1v) is 7.42. The van der Waals surface area contributed by atoms with Crippen molar-refractivity contribution in [2.45, 2.75) is 26.2 Å². The van der Waals surface area contributed by atoms with Crippen LogP contribution in [0.5, 0.6) is 0 Å². The molecular formula is C18H18N2O2. The molecule has 2 amide bonds. The maximum atomic E-state index is 12.3. The Kier molecular flexibility index (Phi) is 3.92. The van der Waals surface area contributed by atoms with Crippen LogP contribution in [0.4, 0.5) is 11.4 Å². The second-order valence-electron chi connectivity index (χ2n) is 5.59. The molecule has 0 saturated carbocycles. The van der Waals surface area contributed by atoms with Crippen LogP contribution >= 0.6 is 0 Å². The van der Waals surface area contributed by atoms with E-state index in [0.29, 0.717) is 12.0 Å². The molecule has 1 aliphatic heterocycles. The van der Waals surface area contributed by atoms with E-state index in [0.717, 1.165) is 35.3 Å². The minimum Gasteiger partial charge on any atom is -0.326 e. The lowest BCUT2D eigenvalue weighted by Gasteiger charge is -2.10. The summed E-state index contributed by atoms with van der Waals surface area (Å²) in [5, 5.41) is 5.76. The Morgan fingerprint density at radius 3 is 2.64 bits per heavy atom. The van der Waals surface area contributed by atoms with Crippen LogP contribution in [0.25, 0.3) is 0 Å². The first kappa shape index (κ1) is 14.3. The zero-order valence-electron chi connectivity index (χ0n) is 12.5. The van der Waals surface area contributed by atoms with Gasteiger partial charge in [0.15, 0.2) is 0 Å². The van der Waals surface area contributed by atoms with Crippen LogP contribution in [0, 0.1) is 6.92 Å². The second kappa shape index (κ2) is 6.02. The number of fused-ring (bicyclic) bond motifs is 1. The number of amides is 2. The molecule has 0 radical (unpaired) electrons. The lowest BCUT2D eigenvalue weighted by Crippen LogP contribution is -2.13. The lowest BCUT2D eigenvalue weighted by molar-refractivity contribution is -0.116. The molecule has 0 bridgehead atoms. The zero-order chi connectivity index (χ0) is 15.5. The number of carbonyl (C=O) groups excluding carboxylic acids is 2. The van der Waals surface area contributed by atoms with E-state index in [4.69, 9.17) is 0 Å². The number of hydrogen-bond acceptors (Lipinski definition) is 2. The Morgan fingerprint density at radius 1 is 1.09 bits per heavy atom. The number of anilines is 2. The van der Waals surface area contributed by atoms with Gasteiger partial charge in [0.25, 0.3) is 5.91 Å². The van der Waals surface area contributed by atoms with Crippen LogP contribution in [0.1, 0.15) is 34.3 Å². The van der Waals surface area contributed by atoms with E-state index in [2.05, 4.69) is 10.6 Å². The highest BCUT2D eigenvalue weighted by atomic mass is 16.2. The van der Waals surface area contributed by atoms with Crippen LogP contribution in [-0.4, -0.2) is 11.8 Å². The Hall–Kier alpha value is -2.62. The summed E-state index contributed by atoms with van der Waals surface area (Å²) in [6.45, 7) is 2.01. The third-order valence-electron chi connectivity index (χ3n) is 3.80. The van der Waals surface area contributed by atoms with Crippen LogP contribution in [0.15, 0.2) is 42.5 Å². The quantitative estimate of drug-likeness (QED) is 0.890. The molecule has 0 fully saturated rings. The summed E-state index contributed by atoms with van der Waals surface area (Å²) < 4.78 is 0. The molecule has 4 heteroatoms. The number of benzene rings is 2. The summed E-state index contributed by atoms with van der Waals surface area (Å²) in [5.41, 5.74) is 4.37. The normalized spacial score (nSPS) is 13.8. The van der Waals surface area contributed by atoms with Gasteiger partial charge in [-0.1, -0.05) is 17.7 Å². The topological polar surface area (TPSA) is 58.2 Å². The highest BCUT2D eigenvalue weighted by Crippen LogP contribution is 2.23. The molecule has 22 heavy (non-hydrogen) atoms. The minimum atomic E-state index is -0.137. The van der Waals surface area contributed by atoms with Gasteiger partial charge >= 0.3 is 0 Å². The summed E-state index contributed by atoms with van der Waals surface area (Å²) in [5.74, 6) is -0.0992. The molecule has 3 rings (SSSR count). The smallest absolute Gasteiger partial charge is 0.255 e. The standard InChI is InChI=1S/C18H18N2O2/c1-12-5-8-15(9-6-12)19-18(22)14-7-10-16-13(11-14)3-2-4-17(21)20-16/h5-11H,2-4H2,1H3,(H,19,22)(H,20,21). The van der Waals surface area contributed by atoms with Gasteiger partial charge < -0.3 is 10.6 Å². The van der Waals surface area contributed by atoms with Gasteiger partial charge in [-0.3, -0.25) is 9.59 Å². The van der Waals surface area contributed by atoms with Gasteiger partial charge in [-0.05, 0) is 55.7 Å². The fraction of sp³-hybridized carbons (Fsp3) is 0.222. The summed E-state index contributed by atoms with van der Waals surface area (Å²) in [6.07, 6.45) is 2.14. The Morgan fingerprint density at radius 2 is 1.86 bits per heavy atom. The van der Waals surface area contributed by atoms with Crippen molar-refractivity contribution in [2.24, 2.45) is 0 Å². The van der Waals surface area contributed by atoms with E-state index in [1.807, 2.05) is 43.3 Å². The number of rotatable bonds is 2. The van der Waals surface area contributed by atoms with Crippen molar-refractivity contribution in [3.63, 3.8) is 0 Å². The molecule has 0 aromatic heterocycles. The number of hydrogen-bond donors (Lipinski definition) is 2. The van der Waals surface area contributed by atoms with Gasteiger partial charge in [0.05, 0.1) is 0 Å². The van der Waals surface area contributed by atoms with Gasteiger partial charge in [-0.15, -0.1) is 0 Å². The van der Waals surface area contributed by atoms with Crippen molar-refractivity contribution in [2.75, 3.05) is 10.6 Å². The Balaban J connectivity index is 1.80. The Labute approximate surface area is 129 Å². The summed E-state index contributed by atoms with van der Waals surface area (Å²) in [6, 6.07) is 13.1. The van der Waals surface area contributed by atoms with E-state index in [9.17, 15) is 9.59 Å². The van der Waals surface area contributed by atoms with Gasteiger partial charge in [-0.25, -0.2) is 0 Å². The van der Waals surface area contributed by atoms with Crippen molar-refractivity contribution >= 4 is 23.2 Å². The van der Waals surface area contributed by atoms with E-state index in [1.54, 1.807) is 6.07 Å². The van der Waals surface area contributed by atoms with Gasteiger partial charge in [0, 0.05) is 23.4 Å². The van der Waals surface area contributed by atoms with Crippen LogP contribution in [0.3, 0.4) is 0 Å². The van der Waals surface area contributed by atoms with Crippen molar-refractivity contribution in [3.8, 4) is 0 Å². The second-order valence-corrected chi connectivity index (χ2v) is 5.59. The lowest BCUT2D eigenvalue weighted by atomic mass is 10.0. The molecule has 0 saturated heterocycles. The largest absolute Gasteiger partial charge is 0.326 e. The van der Waals surface area contributed by atoms with Crippen molar-refractivity contribution in [3.05, 3.63) is 59.2 Å². The van der Waals surface area contributed by atoms with E-state index < -0.39 is 0 Å². The third-order valence-corrected chi connectivity index (χ3v) is 3.80. The molecule has 2 aromatic carbocycles. The van der Waals surface area contributed by atoms with E-state index >= 15 is 0 Å². The van der Waals surface area contributed by atoms with Crippen molar-refractivity contribution in [1.29, 1.82) is 0 Å². The van der Waals surface area contributed by atoms with Crippen LogP contribution in [0.2, 0.25) is 0 Å². The van der Waals surface area contributed by atoms with Gasteiger partial charge in [0.1, 0.15) is 0 Å². The fourth-order valence-corrected chi connectivity index (χ4v) is 2.56. The monoisotopic (exact) mass is 294 g/mol. The molecule has 2 aromatic rings. The predicted octanol–water partition coefficient (Wildman–Crippen LogP) is 3.52. The molecule has 0 aliphatic carbocycles. The van der Waals surface area contributed by atoms with Crippen molar-refractivity contribution in [1.82, 2.24) is 0 Å². The highest BCUT2D eigenvalue weighted by molar-refractivity contribution is 6.05. The molecule has 1 aliphatic rings. The first-order chi connectivity index (χ1) is 10.6. The van der Waals surface area contributed by atoms with Gasteiger partial charge in [0.2, 0.25) is 5.91 Å². The maximum Gasteiger partial charge on any atom is 0.255 e. The molecular weight excluding hydrogens is 276 g/mol. The summed E-state index contributed by atoms with van der Waals surface area (Å²) >= 11 is 0. The number of carbonyl (C=O) groups is 2. The maximum absolute atomic E-state index is 12.3. The fourth-order valence-electron chi connectivity index (χ4n) is 2.56. The van der Waals surface area contributed by atoms with Gasteiger partial charge in [-0.2, -0.15) is 0 Å². The molecule has 0 spiro atoms. The predicted molar refractivity (Wildman–Crippen MR) is 87.1 cm³/mol. The first-order valence-electron chi connectivity index (χ1n) is 7.42. The molecule has 2 N–H and O–H groups in total. The average molecular weight is 294 g/mol. The molecule has 112 valence electrons. The minimum absolute atomic E-state index is 0.0376. The molecule has 4 nitrogen and oxygen atoms in total. The van der Waals surface area contributed by atoms with Crippen molar-refractivity contribution < 1.29 is 9.59 Å². The number of aryl methyl sites for hydroxylation is 2. The van der Waals surface area contributed by atoms with E-state index in [-0.39, 0.29) is 11.8 Å². The zero-order valence-corrected chi connectivity index (χ0v) is 12.5.